The van der Waals surface area contributed by atoms with E-state index < -0.39 is 0 Å². The van der Waals surface area contributed by atoms with Crippen molar-refractivity contribution >= 4 is 34.2 Å². The lowest BCUT2D eigenvalue weighted by molar-refractivity contribution is -0.121. The summed E-state index contributed by atoms with van der Waals surface area (Å²) in [5.74, 6) is 0.959. The molecule has 1 fully saturated rings. The van der Waals surface area contributed by atoms with E-state index in [2.05, 4.69) is 10.3 Å². The molecule has 2 aromatic carbocycles. The van der Waals surface area contributed by atoms with E-state index in [0.29, 0.717) is 24.5 Å². The summed E-state index contributed by atoms with van der Waals surface area (Å²) in [7, 11) is 3.82. The molecular formula is C24H26N4O2. The third-order valence-corrected chi connectivity index (χ3v) is 5.54. The highest BCUT2D eigenvalue weighted by molar-refractivity contribution is 6.07. The number of nitrogens with zero attached hydrogens (tertiary/aromatic N) is 3. The van der Waals surface area contributed by atoms with Gasteiger partial charge in [-0.3, -0.25) is 9.59 Å². The van der Waals surface area contributed by atoms with Crippen LogP contribution in [0.5, 0.6) is 0 Å². The molecule has 154 valence electrons. The zero-order valence-corrected chi connectivity index (χ0v) is 17.3. The van der Waals surface area contributed by atoms with Gasteiger partial charge in [0.25, 0.3) is 5.91 Å². The van der Waals surface area contributed by atoms with Crippen LogP contribution in [0.25, 0.3) is 10.8 Å². The Balaban J connectivity index is 1.48. The predicted molar refractivity (Wildman–Crippen MR) is 120 cm³/mol. The van der Waals surface area contributed by atoms with Crippen molar-refractivity contribution in [2.45, 2.75) is 12.8 Å². The first-order valence-electron chi connectivity index (χ1n) is 10.3. The van der Waals surface area contributed by atoms with Gasteiger partial charge in [0.05, 0.1) is 5.92 Å². The maximum Gasteiger partial charge on any atom is 0.254 e. The molecule has 1 N–H and O–H groups in total. The van der Waals surface area contributed by atoms with Crippen molar-refractivity contribution in [1.29, 1.82) is 0 Å². The lowest BCUT2D eigenvalue weighted by Gasteiger charge is -2.32. The minimum Gasteiger partial charge on any atom is -0.363 e. The van der Waals surface area contributed by atoms with Crippen molar-refractivity contribution in [2.75, 3.05) is 37.4 Å². The zero-order chi connectivity index (χ0) is 21.1. The zero-order valence-electron chi connectivity index (χ0n) is 17.3. The number of rotatable bonds is 4. The minimum absolute atomic E-state index is 0.0166. The molecule has 2 amide bonds. The monoisotopic (exact) mass is 402 g/mol. The summed E-state index contributed by atoms with van der Waals surface area (Å²) < 4.78 is 0. The van der Waals surface area contributed by atoms with E-state index in [9.17, 15) is 9.59 Å². The number of piperidine rings is 1. The molecule has 6 heteroatoms. The molecule has 30 heavy (non-hydrogen) atoms. The van der Waals surface area contributed by atoms with Crippen LogP contribution in [0, 0.1) is 5.92 Å². The number of anilines is 2. The van der Waals surface area contributed by atoms with Crippen LogP contribution in [-0.4, -0.2) is 48.9 Å². The first-order chi connectivity index (χ1) is 14.5. The van der Waals surface area contributed by atoms with Crippen molar-refractivity contribution in [2.24, 2.45) is 5.92 Å². The van der Waals surface area contributed by atoms with Crippen LogP contribution in [0.3, 0.4) is 0 Å². The molecule has 0 aliphatic carbocycles. The summed E-state index contributed by atoms with van der Waals surface area (Å²) in [6, 6.07) is 19.2. The van der Waals surface area contributed by atoms with E-state index in [-0.39, 0.29) is 17.7 Å². The molecule has 1 unspecified atom stereocenters. The van der Waals surface area contributed by atoms with Gasteiger partial charge in [-0.1, -0.05) is 42.5 Å². The van der Waals surface area contributed by atoms with Crippen LogP contribution in [0.15, 0.2) is 60.7 Å². The summed E-state index contributed by atoms with van der Waals surface area (Å²) in [5.41, 5.74) is 0.689. The maximum atomic E-state index is 13.2. The number of pyridine rings is 1. The predicted octanol–water partition coefficient (Wildman–Crippen LogP) is 3.79. The first kappa shape index (κ1) is 19.9. The second kappa shape index (κ2) is 8.53. The summed E-state index contributed by atoms with van der Waals surface area (Å²) >= 11 is 0. The fourth-order valence-electron chi connectivity index (χ4n) is 3.93. The number of carbonyl (C=O) groups excluding carboxylic acids is 2. The van der Waals surface area contributed by atoms with Crippen LogP contribution < -0.4 is 10.2 Å². The Morgan fingerprint density at radius 3 is 2.63 bits per heavy atom. The van der Waals surface area contributed by atoms with Crippen LogP contribution >= 0.6 is 0 Å². The second-order valence-electron chi connectivity index (χ2n) is 7.88. The fourth-order valence-corrected chi connectivity index (χ4v) is 3.93. The van der Waals surface area contributed by atoms with E-state index in [0.717, 1.165) is 29.4 Å². The molecule has 1 aliphatic heterocycles. The fraction of sp³-hybridized carbons (Fsp3) is 0.292. The molecule has 3 aromatic rings. The highest BCUT2D eigenvalue weighted by Crippen LogP contribution is 2.24. The van der Waals surface area contributed by atoms with E-state index >= 15 is 0 Å². The van der Waals surface area contributed by atoms with E-state index in [1.807, 2.05) is 73.6 Å². The standard InChI is InChI=1S/C24H26N4O2/c1-27(2)22-14-6-13-21(25-22)26-23(29)18-10-7-15-28(16-18)24(30)20-12-5-9-17-8-3-4-11-19(17)20/h3-6,8-9,11-14,18H,7,10,15-16H2,1-2H3,(H,25,26,29). The van der Waals surface area contributed by atoms with Crippen molar-refractivity contribution in [3.8, 4) is 0 Å². The van der Waals surface area contributed by atoms with E-state index in [4.69, 9.17) is 0 Å². The first-order valence-corrected chi connectivity index (χ1v) is 10.3. The van der Waals surface area contributed by atoms with Crippen molar-refractivity contribution < 1.29 is 9.59 Å². The van der Waals surface area contributed by atoms with Crippen molar-refractivity contribution in [1.82, 2.24) is 9.88 Å². The second-order valence-corrected chi connectivity index (χ2v) is 7.88. The van der Waals surface area contributed by atoms with Crippen molar-refractivity contribution in [3.63, 3.8) is 0 Å². The van der Waals surface area contributed by atoms with E-state index in [1.165, 1.54) is 0 Å². The number of amides is 2. The average Bonchev–Trinajstić information content (AvgIpc) is 2.78. The molecule has 1 saturated heterocycles. The third kappa shape index (κ3) is 4.13. The Morgan fingerprint density at radius 2 is 1.80 bits per heavy atom. The smallest absolute Gasteiger partial charge is 0.254 e. The molecule has 0 spiro atoms. The molecular weight excluding hydrogens is 376 g/mol. The summed E-state index contributed by atoms with van der Waals surface area (Å²) in [5, 5.41) is 4.91. The van der Waals surface area contributed by atoms with Gasteiger partial charge in [-0.15, -0.1) is 0 Å². The highest BCUT2D eigenvalue weighted by Gasteiger charge is 2.29. The number of nitrogens with one attached hydrogen (secondary N) is 1. The topological polar surface area (TPSA) is 65.5 Å². The van der Waals surface area contributed by atoms with Gasteiger partial charge in [-0.2, -0.15) is 0 Å². The number of carbonyl (C=O) groups is 2. The van der Waals surface area contributed by atoms with Crippen LogP contribution in [0.4, 0.5) is 11.6 Å². The largest absolute Gasteiger partial charge is 0.363 e. The molecule has 2 heterocycles. The molecule has 0 saturated carbocycles. The third-order valence-electron chi connectivity index (χ3n) is 5.54. The summed E-state index contributed by atoms with van der Waals surface area (Å²) in [4.78, 5) is 34.3. The molecule has 0 bridgehead atoms. The van der Waals surface area contributed by atoms with Gasteiger partial charge in [0.1, 0.15) is 11.6 Å². The van der Waals surface area contributed by atoms with Gasteiger partial charge in [0.15, 0.2) is 0 Å². The number of hydrogen-bond acceptors (Lipinski definition) is 4. The van der Waals surface area contributed by atoms with Crippen LogP contribution in [0.1, 0.15) is 23.2 Å². The number of benzene rings is 2. The maximum absolute atomic E-state index is 13.2. The van der Waals surface area contributed by atoms with Crippen molar-refractivity contribution in [3.05, 3.63) is 66.2 Å². The van der Waals surface area contributed by atoms with Gasteiger partial charge in [0.2, 0.25) is 5.91 Å². The SMILES string of the molecule is CN(C)c1cccc(NC(=O)C2CCCN(C(=O)c3cccc4ccccc34)C2)n1. The summed E-state index contributed by atoms with van der Waals surface area (Å²) in [6.45, 7) is 1.08. The number of hydrogen-bond donors (Lipinski definition) is 1. The quantitative estimate of drug-likeness (QED) is 0.721. The molecule has 1 aliphatic rings. The number of aromatic nitrogens is 1. The Hall–Kier alpha value is -3.41. The van der Waals surface area contributed by atoms with Gasteiger partial charge in [0, 0.05) is 32.7 Å². The molecule has 0 radical (unpaired) electrons. The molecule has 1 atom stereocenters. The normalized spacial score (nSPS) is 16.3. The van der Waals surface area contributed by atoms with Gasteiger partial charge in [-0.25, -0.2) is 4.98 Å². The lowest BCUT2D eigenvalue weighted by Crippen LogP contribution is -2.43. The van der Waals surface area contributed by atoms with Gasteiger partial charge in [-0.05, 0) is 41.8 Å². The highest BCUT2D eigenvalue weighted by atomic mass is 16.2. The Kier molecular flexibility index (Phi) is 5.65. The van der Waals surface area contributed by atoms with Crippen LogP contribution in [-0.2, 0) is 4.79 Å². The molecule has 1 aromatic heterocycles. The van der Waals surface area contributed by atoms with Crippen LogP contribution in [0.2, 0.25) is 0 Å². The minimum atomic E-state index is -0.248. The van der Waals surface area contributed by atoms with Gasteiger partial charge >= 0.3 is 0 Å². The Labute approximate surface area is 176 Å². The van der Waals surface area contributed by atoms with E-state index in [1.54, 1.807) is 11.0 Å². The average molecular weight is 402 g/mol. The van der Waals surface area contributed by atoms with Gasteiger partial charge < -0.3 is 15.1 Å². The summed E-state index contributed by atoms with van der Waals surface area (Å²) in [6.07, 6.45) is 1.57. The lowest BCUT2D eigenvalue weighted by atomic mass is 9.95. The molecule has 6 nitrogen and oxygen atoms in total. The Morgan fingerprint density at radius 1 is 1.03 bits per heavy atom. The number of fused-ring (bicyclic) bond motifs is 1. The molecule has 4 rings (SSSR count). The Bertz CT molecular complexity index is 1070. The number of likely N-dealkylation sites (tertiary alicyclic amines) is 1.